The Morgan fingerprint density at radius 3 is 2.70 bits per heavy atom. The molecule has 0 bridgehead atoms. The third kappa shape index (κ3) is 4.58. The van der Waals surface area contributed by atoms with E-state index in [0.717, 1.165) is 17.3 Å². The number of carbonyl (C=O) groups is 1. The lowest BCUT2D eigenvalue weighted by Crippen LogP contribution is -2.27. The fraction of sp³-hybridized carbons (Fsp3) is 0.636. The predicted octanol–water partition coefficient (Wildman–Crippen LogP) is -0.249. The summed E-state index contributed by atoms with van der Waals surface area (Å²) in [6, 6.07) is 0. The van der Waals surface area contributed by atoms with Crippen LogP contribution in [-0.2, 0) is 21.4 Å². The molecule has 1 heterocycles. The van der Waals surface area contributed by atoms with Gasteiger partial charge in [0.05, 0.1) is 6.20 Å². The topological polar surface area (TPSA) is 113 Å². The van der Waals surface area contributed by atoms with Crippen molar-refractivity contribution in [3.63, 3.8) is 0 Å². The smallest absolute Gasteiger partial charge is 0.325 e. The van der Waals surface area contributed by atoms with Crippen molar-refractivity contribution in [3.05, 3.63) is 12.4 Å². The van der Waals surface area contributed by atoms with Gasteiger partial charge in [-0.05, 0) is 19.3 Å². The maximum absolute atomic E-state index is 12.2. The van der Waals surface area contributed by atoms with Crippen molar-refractivity contribution in [2.45, 2.75) is 30.7 Å². The molecule has 0 aromatic carbocycles. The molecule has 0 aliphatic rings. The number of aliphatic hydroxyl groups excluding tert-OH is 1. The van der Waals surface area contributed by atoms with Crippen LogP contribution in [-0.4, -0.2) is 58.9 Å². The molecule has 0 saturated carbocycles. The van der Waals surface area contributed by atoms with Crippen LogP contribution in [0.5, 0.6) is 0 Å². The Hall–Kier alpha value is -1.45. The lowest BCUT2D eigenvalue weighted by molar-refractivity contribution is -0.137. The average molecular weight is 305 g/mol. The quantitative estimate of drug-likeness (QED) is 0.608. The van der Waals surface area contributed by atoms with E-state index in [0.29, 0.717) is 19.4 Å². The first kappa shape index (κ1) is 16.6. The number of unbranched alkanes of at least 4 members (excludes halogenated alkanes) is 2. The van der Waals surface area contributed by atoms with E-state index in [1.807, 2.05) is 0 Å². The summed E-state index contributed by atoms with van der Waals surface area (Å²) in [6.45, 7) is 0.0562. The van der Waals surface area contributed by atoms with Gasteiger partial charge in [0.1, 0.15) is 11.4 Å². The maximum atomic E-state index is 12.2. The minimum absolute atomic E-state index is 0.0246. The second-order valence-electron chi connectivity index (χ2n) is 4.38. The Bertz CT molecular complexity index is 540. The fourth-order valence-corrected chi connectivity index (χ4v) is 2.79. The van der Waals surface area contributed by atoms with Gasteiger partial charge in [0, 0.05) is 26.4 Å². The third-order valence-electron chi connectivity index (χ3n) is 2.75. The standard InChI is InChI=1S/C11H19N3O5S/c1-13(5-3-2-4-6-15)20(18,19)10-7-12-14(8-10)9-11(16)17/h7-8,15H,2-6,9H2,1H3,(H,16,17). The molecule has 0 unspecified atom stereocenters. The number of rotatable bonds is 9. The van der Waals surface area contributed by atoms with E-state index in [1.54, 1.807) is 0 Å². The summed E-state index contributed by atoms with van der Waals surface area (Å²) in [4.78, 5) is 10.5. The van der Waals surface area contributed by atoms with Crippen LogP contribution in [0.25, 0.3) is 0 Å². The number of hydrogen-bond donors (Lipinski definition) is 2. The Morgan fingerprint density at radius 2 is 2.10 bits per heavy atom. The normalized spacial score (nSPS) is 11.9. The van der Waals surface area contributed by atoms with E-state index in [9.17, 15) is 13.2 Å². The lowest BCUT2D eigenvalue weighted by Gasteiger charge is -2.15. The SMILES string of the molecule is CN(CCCCCO)S(=O)(=O)c1cnn(CC(=O)O)c1. The van der Waals surface area contributed by atoms with Crippen LogP contribution < -0.4 is 0 Å². The van der Waals surface area contributed by atoms with E-state index in [2.05, 4.69) is 5.10 Å². The van der Waals surface area contributed by atoms with Crippen molar-refractivity contribution in [3.8, 4) is 0 Å². The van der Waals surface area contributed by atoms with Crippen molar-refractivity contribution in [2.75, 3.05) is 20.2 Å². The highest BCUT2D eigenvalue weighted by Gasteiger charge is 2.22. The fourth-order valence-electron chi connectivity index (χ4n) is 1.63. The van der Waals surface area contributed by atoms with Crippen LogP contribution in [0.2, 0.25) is 0 Å². The first-order chi connectivity index (χ1) is 9.37. The Labute approximate surface area is 117 Å². The Morgan fingerprint density at radius 1 is 1.40 bits per heavy atom. The van der Waals surface area contributed by atoms with E-state index in [1.165, 1.54) is 17.5 Å². The summed E-state index contributed by atoms with van der Waals surface area (Å²) in [6.07, 6.45) is 4.38. The molecule has 0 aliphatic heterocycles. The van der Waals surface area contributed by atoms with Gasteiger partial charge in [0.15, 0.2) is 0 Å². The van der Waals surface area contributed by atoms with Crippen molar-refractivity contribution in [1.29, 1.82) is 0 Å². The van der Waals surface area contributed by atoms with Gasteiger partial charge < -0.3 is 10.2 Å². The number of hydrogen-bond acceptors (Lipinski definition) is 5. The van der Waals surface area contributed by atoms with Gasteiger partial charge in [-0.15, -0.1) is 0 Å². The number of aliphatic hydroxyl groups is 1. The van der Waals surface area contributed by atoms with E-state index in [-0.39, 0.29) is 18.0 Å². The highest BCUT2D eigenvalue weighted by atomic mass is 32.2. The summed E-state index contributed by atoms with van der Waals surface area (Å²) < 4.78 is 26.6. The number of nitrogens with zero attached hydrogens (tertiary/aromatic N) is 3. The van der Waals surface area contributed by atoms with Gasteiger partial charge in [-0.1, -0.05) is 0 Å². The van der Waals surface area contributed by atoms with Crippen molar-refractivity contribution in [2.24, 2.45) is 0 Å². The Kier molecular flexibility index (Phi) is 6.11. The van der Waals surface area contributed by atoms with Crippen molar-refractivity contribution >= 4 is 16.0 Å². The van der Waals surface area contributed by atoms with Crippen molar-refractivity contribution < 1.29 is 23.4 Å². The van der Waals surface area contributed by atoms with Crippen LogP contribution in [0.3, 0.4) is 0 Å². The summed E-state index contributed by atoms with van der Waals surface area (Å²) >= 11 is 0. The summed E-state index contributed by atoms with van der Waals surface area (Å²) in [5, 5.41) is 21.0. The van der Waals surface area contributed by atoms with E-state index < -0.39 is 16.0 Å². The van der Waals surface area contributed by atoms with Crippen LogP contribution in [0.15, 0.2) is 17.3 Å². The van der Waals surface area contributed by atoms with Gasteiger partial charge in [-0.2, -0.15) is 5.10 Å². The molecule has 114 valence electrons. The summed E-state index contributed by atoms with van der Waals surface area (Å²) in [7, 11) is -2.19. The molecule has 2 N–H and O–H groups in total. The zero-order valence-corrected chi connectivity index (χ0v) is 12.1. The number of carboxylic acids is 1. The minimum Gasteiger partial charge on any atom is -0.480 e. The molecular formula is C11H19N3O5S. The molecule has 1 aromatic rings. The van der Waals surface area contributed by atoms with Gasteiger partial charge in [0.2, 0.25) is 10.0 Å². The highest BCUT2D eigenvalue weighted by Crippen LogP contribution is 2.14. The van der Waals surface area contributed by atoms with Gasteiger partial charge in [-0.3, -0.25) is 9.48 Å². The average Bonchev–Trinajstić information content (AvgIpc) is 2.82. The predicted molar refractivity (Wildman–Crippen MR) is 70.6 cm³/mol. The largest absolute Gasteiger partial charge is 0.480 e. The van der Waals surface area contributed by atoms with E-state index in [4.69, 9.17) is 10.2 Å². The number of aliphatic carboxylic acids is 1. The molecule has 1 rings (SSSR count). The molecule has 0 atom stereocenters. The molecule has 8 nitrogen and oxygen atoms in total. The zero-order valence-electron chi connectivity index (χ0n) is 11.3. The molecule has 0 aliphatic carbocycles. The first-order valence-electron chi connectivity index (χ1n) is 6.19. The molecule has 0 spiro atoms. The number of carboxylic acid groups (broad SMARTS) is 1. The molecule has 9 heteroatoms. The summed E-state index contributed by atoms with van der Waals surface area (Å²) in [5.74, 6) is -1.09. The maximum Gasteiger partial charge on any atom is 0.325 e. The first-order valence-corrected chi connectivity index (χ1v) is 7.63. The molecule has 1 aromatic heterocycles. The molecule has 0 fully saturated rings. The Balaban J connectivity index is 2.67. The monoisotopic (exact) mass is 305 g/mol. The lowest BCUT2D eigenvalue weighted by atomic mass is 10.2. The molecular weight excluding hydrogens is 286 g/mol. The molecule has 0 saturated heterocycles. The van der Waals surface area contributed by atoms with Gasteiger partial charge in [0.25, 0.3) is 0 Å². The third-order valence-corrected chi connectivity index (χ3v) is 4.56. The minimum atomic E-state index is -3.65. The molecule has 0 amide bonds. The number of aromatic nitrogens is 2. The molecule has 20 heavy (non-hydrogen) atoms. The van der Waals surface area contributed by atoms with Gasteiger partial charge >= 0.3 is 5.97 Å². The van der Waals surface area contributed by atoms with E-state index >= 15 is 0 Å². The van der Waals surface area contributed by atoms with Crippen molar-refractivity contribution in [1.82, 2.24) is 14.1 Å². The summed E-state index contributed by atoms with van der Waals surface area (Å²) in [5.41, 5.74) is 0. The highest BCUT2D eigenvalue weighted by molar-refractivity contribution is 7.89. The van der Waals surface area contributed by atoms with Crippen LogP contribution in [0.4, 0.5) is 0 Å². The number of sulfonamides is 1. The van der Waals surface area contributed by atoms with Crippen LogP contribution in [0.1, 0.15) is 19.3 Å². The van der Waals surface area contributed by atoms with Crippen LogP contribution in [0, 0.1) is 0 Å². The second-order valence-corrected chi connectivity index (χ2v) is 6.42. The second kappa shape index (κ2) is 7.36. The van der Waals surface area contributed by atoms with Gasteiger partial charge in [-0.25, -0.2) is 12.7 Å². The van der Waals surface area contributed by atoms with Crippen LogP contribution >= 0.6 is 0 Å². The molecule has 0 radical (unpaired) electrons. The zero-order chi connectivity index (χ0) is 15.2.